The van der Waals surface area contributed by atoms with Crippen LogP contribution in [-0.4, -0.2) is 85.3 Å². The first-order valence-corrected chi connectivity index (χ1v) is 18.2. The van der Waals surface area contributed by atoms with E-state index in [4.69, 9.17) is 0 Å². The number of aromatic nitrogens is 3. The lowest BCUT2D eigenvalue weighted by atomic mass is 10.0. The molecule has 5 heterocycles. The summed E-state index contributed by atoms with van der Waals surface area (Å²) >= 11 is 1.07. The number of piperidine rings is 2. The van der Waals surface area contributed by atoms with E-state index < -0.39 is 23.6 Å². The standard InChI is InChI=1S/C33H41F3N8OS2/c1-21(43-12-8-27(9-13-43)47(45)38-3)18-44-25(17-37)14-28-22(2)23(4-5-30(28)44)19-42-10-6-24(7-11-42)41-31-29-15-26(16-33(34,35)36)46-32(29)40-20-39-31/h4-5,14-15,20-21,24,27,38H,6-13,16,18-19H2,1-3H3,(H,39,40,41). The quantitative estimate of drug-likeness (QED) is 0.219. The Kier molecular flexibility index (Phi) is 10.2. The molecule has 9 nitrogen and oxygen atoms in total. The Morgan fingerprint density at radius 2 is 1.85 bits per heavy atom. The van der Waals surface area contributed by atoms with Crippen LogP contribution in [0.25, 0.3) is 21.1 Å². The van der Waals surface area contributed by atoms with Gasteiger partial charge in [0.15, 0.2) is 0 Å². The van der Waals surface area contributed by atoms with Crippen LogP contribution in [0.15, 0.2) is 30.6 Å². The van der Waals surface area contributed by atoms with E-state index in [1.807, 2.05) is 6.07 Å². The number of fused-ring (bicyclic) bond motifs is 2. The smallest absolute Gasteiger partial charge is 0.367 e. The van der Waals surface area contributed by atoms with Gasteiger partial charge in [-0.05, 0) is 89.0 Å². The van der Waals surface area contributed by atoms with Crippen molar-refractivity contribution in [1.29, 1.82) is 5.26 Å². The van der Waals surface area contributed by atoms with Gasteiger partial charge in [-0.2, -0.15) is 18.4 Å². The molecule has 4 aromatic rings. The highest BCUT2D eigenvalue weighted by molar-refractivity contribution is 7.83. The summed E-state index contributed by atoms with van der Waals surface area (Å²) in [7, 11) is 0.758. The molecule has 6 rings (SSSR count). The Bertz CT molecular complexity index is 1780. The number of alkyl halides is 3. The number of aryl methyl sites for hydroxylation is 1. The molecular weight excluding hydrogens is 646 g/mol. The van der Waals surface area contributed by atoms with Crippen LogP contribution in [0.2, 0.25) is 0 Å². The normalized spacial score (nSPS) is 18.9. The Morgan fingerprint density at radius 3 is 2.53 bits per heavy atom. The molecule has 0 saturated carbocycles. The minimum Gasteiger partial charge on any atom is -0.367 e. The number of nitrogens with one attached hydrogen (secondary N) is 2. The summed E-state index contributed by atoms with van der Waals surface area (Å²) in [6, 6.07) is 10.8. The van der Waals surface area contributed by atoms with Crippen molar-refractivity contribution in [3.8, 4) is 6.07 Å². The lowest BCUT2D eigenvalue weighted by Crippen LogP contribution is -2.45. The molecule has 47 heavy (non-hydrogen) atoms. The lowest BCUT2D eigenvalue weighted by Gasteiger charge is -2.35. The molecule has 2 atom stereocenters. The van der Waals surface area contributed by atoms with Gasteiger partial charge >= 0.3 is 6.18 Å². The molecule has 252 valence electrons. The fraction of sp³-hybridized carbons (Fsp3) is 0.545. The van der Waals surface area contributed by atoms with Gasteiger partial charge in [-0.1, -0.05) is 6.07 Å². The van der Waals surface area contributed by atoms with Crippen LogP contribution >= 0.6 is 11.3 Å². The van der Waals surface area contributed by atoms with Crippen molar-refractivity contribution in [3.05, 3.63) is 52.3 Å². The summed E-state index contributed by atoms with van der Waals surface area (Å²) in [5.41, 5.74) is 4.18. The fourth-order valence-electron chi connectivity index (χ4n) is 7.03. The van der Waals surface area contributed by atoms with E-state index >= 15 is 0 Å². The maximum absolute atomic E-state index is 12.9. The van der Waals surface area contributed by atoms with Gasteiger partial charge in [-0.15, -0.1) is 11.3 Å². The van der Waals surface area contributed by atoms with Crippen LogP contribution in [0.4, 0.5) is 19.0 Å². The molecule has 2 N–H and O–H groups in total. The van der Waals surface area contributed by atoms with Crippen molar-refractivity contribution in [3.63, 3.8) is 0 Å². The summed E-state index contributed by atoms with van der Waals surface area (Å²) in [5, 5.41) is 15.5. The highest BCUT2D eigenvalue weighted by Crippen LogP contribution is 2.34. The predicted octanol–water partition coefficient (Wildman–Crippen LogP) is 5.74. The summed E-state index contributed by atoms with van der Waals surface area (Å²) in [5.74, 6) is 0.598. The first kappa shape index (κ1) is 33.8. The summed E-state index contributed by atoms with van der Waals surface area (Å²) in [6.45, 7) is 9.44. The molecule has 2 unspecified atom stereocenters. The van der Waals surface area contributed by atoms with E-state index in [-0.39, 0.29) is 22.2 Å². The second kappa shape index (κ2) is 14.2. The van der Waals surface area contributed by atoms with Crippen LogP contribution in [-0.2, 0) is 30.5 Å². The number of likely N-dealkylation sites (tertiary alicyclic amines) is 2. The van der Waals surface area contributed by atoms with Gasteiger partial charge in [0.05, 0.1) is 28.0 Å². The molecule has 3 aromatic heterocycles. The van der Waals surface area contributed by atoms with Crippen LogP contribution in [0.5, 0.6) is 0 Å². The molecule has 2 aliphatic heterocycles. The number of halogens is 3. The number of benzene rings is 1. The first-order valence-electron chi connectivity index (χ1n) is 16.2. The molecule has 0 amide bonds. The van der Waals surface area contributed by atoms with Gasteiger partial charge in [0, 0.05) is 54.0 Å². The van der Waals surface area contributed by atoms with Crippen molar-refractivity contribution in [2.45, 2.75) is 82.6 Å². The number of rotatable bonds is 10. The van der Waals surface area contributed by atoms with Crippen molar-refractivity contribution >= 4 is 49.3 Å². The van der Waals surface area contributed by atoms with E-state index in [2.05, 4.69) is 66.4 Å². The predicted molar refractivity (Wildman–Crippen MR) is 182 cm³/mol. The molecule has 0 bridgehead atoms. The van der Waals surface area contributed by atoms with E-state index in [0.29, 0.717) is 21.7 Å². The monoisotopic (exact) mass is 686 g/mol. The maximum atomic E-state index is 12.9. The molecule has 0 spiro atoms. The van der Waals surface area contributed by atoms with Gasteiger partial charge < -0.3 is 9.88 Å². The summed E-state index contributed by atoms with van der Waals surface area (Å²) < 4.78 is 56.0. The van der Waals surface area contributed by atoms with Gasteiger partial charge in [-0.3, -0.25) is 9.80 Å². The van der Waals surface area contributed by atoms with E-state index in [9.17, 15) is 22.6 Å². The van der Waals surface area contributed by atoms with Crippen molar-refractivity contribution in [1.82, 2.24) is 29.1 Å². The number of anilines is 1. The third kappa shape index (κ3) is 7.65. The molecule has 0 aliphatic carbocycles. The van der Waals surface area contributed by atoms with Crippen LogP contribution in [0.1, 0.15) is 54.3 Å². The van der Waals surface area contributed by atoms with E-state index in [0.717, 1.165) is 87.2 Å². The van der Waals surface area contributed by atoms with Crippen molar-refractivity contribution in [2.75, 3.05) is 38.5 Å². The lowest BCUT2D eigenvalue weighted by molar-refractivity contribution is -0.126. The van der Waals surface area contributed by atoms with Gasteiger partial charge in [0.1, 0.15) is 28.7 Å². The minimum absolute atomic E-state index is 0.171. The zero-order valence-electron chi connectivity index (χ0n) is 26.9. The van der Waals surface area contributed by atoms with Crippen molar-refractivity contribution in [2.24, 2.45) is 0 Å². The molecule has 2 saturated heterocycles. The molecule has 14 heteroatoms. The van der Waals surface area contributed by atoms with Gasteiger partial charge in [0.25, 0.3) is 0 Å². The third-order valence-electron chi connectivity index (χ3n) is 9.71. The Balaban J connectivity index is 1.08. The van der Waals surface area contributed by atoms with Crippen LogP contribution < -0.4 is 10.0 Å². The molecular formula is C33H41F3N8OS2. The maximum Gasteiger partial charge on any atom is 0.393 e. The zero-order chi connectivity index (χ0) is 33.3. The first-order chi connectivity index (χ1) is 22.5. The van der Waals surface area contributed by atoms with Crippen molar-refractivity contribution < 1.29 is 17.4 Å². The van der Waals surface area contributed by atoms with E-state index in [1.165, 1.54) is 17.5 Å². The van der Waals surface area contributed by atoms with Crippen LogP contribution in [0.3, 0.4) is 0 Å². The molecule has 0 radical (unpaired) electrons. The van der Waals surface area contributed by atoms with Crippen LogP contribution in [0, 0.1) is 18.3 Å². The second-order valence-corrected chi connectivity index (χ2v) is 15.5. The summed E-state index contributed by atoms with van der Waals surface area (Å²) in [4.78, 5) is 14.2. The zero-order valence-corrected chi connectivity index (χ0v) is 28.6. The fourth-order valence-corrected chi connectivity index (χ4v) is 9.03. The number of hydrogen-bond donors (Lipinski definition) is 2. The largest absolute Gasteiger partial charge is 0.393 e. The molecule has 2 fully saturated rings. The molecule has 1 aromatic carbocycles. The number of nitriles is 1. The minimum atomic E-state index is -4.26. The average Bonchev–Trinajstić information content (AvgIpc) is 3.63. The topological polar surface area (TPSA) is 102 Å². The second-order valence-electron chi connectivity index (χ2n) is 12.8. The number of thiophene rings is 1. The molecule has 2 aliphatic rings. The Hall–Kier alpha value is -3.09. The Labute approximate surface area is 279 Å². The highest BCUT2D eigenvalue weighted by Gasteiger charge is 2.30. The Morgan fingerprint density at radius 1 is 1.11 bits per heavy atom. The van der Waals surface area contributed by atoms with E-state index in [1.54, 1.807) is 13.1 Å². The van der Waals surface area contributed by atoms with Gasteiger partial charge in [-0.25, -0.2) is 18.9 Å². The SMILES string of the molecule is CNS(=O)C1CCN(C(C)Cn2c(C#N)cc3c(C)c(CN4CCC(Nc5ncnc6sc(CC(F)(F)F)cc56)CC4)ccc32)CC1. The number of nitrogens with zero attached hydrogens (tertiary/aromatic N) is 6. The highest BCUT2D eigenvalue weighted by atomic mass is 32.2. The average molecular weight is 687 g/mol. The third-order valence-corrected chi connectivity index (χ3v) is 12.2. The van der Waals surface area contributed by atoms with Gasteiger partial charge in [0.2, 0.25) is 0 Å². The number of hydrogen-bond acceptors (Lipinski definition) is 8. The summed E-state index contributed by atoms with van der Waals surface area (Å²) in [6.07, 6.45) is -0.223.